The largest absolute Gasteiger partial charge is 0.508 e. The van der Waals surface area contributed by atoms with E-state index in [1.807, 2.05) is 54.6 Å². The van der Waals surface area contributed by atoms with E-state index in [0.717, 1.165) is 32.8 Å². The Morgan fingerprint density at radius 2 is 1.64 bits per heavy atom. The van der Waals surface area contributed by atoms with Gasteiger partial charge in [0.15, 0.2) is 0 Å². The molecule has 0 saturated carbocycles. The van der Waals surface area contributed by atoms with Crippen LogP contribution in [-0.2, 0) is 14.1 Å². The molecule has 180 valence electrons. The van der Waals surface area contributed by atoms with E-state index in [0.29, 0.717) is 22.3 Å². The van der Waals surface area contributed by atoms with Crippen molar-refractivity contribution in [3.63, 3.8) is 0 Å². The first-order valence-corrected chi connectivity index (χ1v) is 11.5. The fourth-order valence-electron chi connectivity index (χ4n) is 5.26. The van der Waals surface area contributed by atoms with Gasteiger partial charge in [-0.2, -0.15) is 0 Å². The Morgan fingerprint density at radius 1 is 0.917 bits per heavy atom. The maximum absolute atomic E-state index is 13.7. The lowest BCUT2D eigenvalue weighted by molar-refractivity contribution is 0.401. The molecule has 0 bridgehead atoms. The number of aromatic hydroxyl groups is 1. The number of hydrogen-bond donors (Lipinski definition) is 2. The van der Waals surface area contributed by atoms with E-state index < -0.39 is 11.7 Å². The van der Waals surface area contributed by atoms with E-state index in [2.05, 4.69) is 9.88 Å². The van der Waals surface area contributed by atoms with Gasteiger partial charge in [-0.15, -0.1) is 0 Å². The van der Waals surface area contributed by atoms with Gasteiger partial charge in [0.2, 0.25) is 0 Å². The molecule has 0 amide bonds. The number of rotatable bonds is 3. The summed E-state index contributed by atoms with van der Waals surface area (Å²) < 4.78 is 10.4. The third-order valence-electron chi connectivity index (χ3n) is 6.90. The summed E-state index contributed by atoms with van der Waals surface area (Å²) in [6, 6.07) is 22.1. The summed E-state index contributed by atoms with van der Waals surface area (Å²) in [4.78, 5) is 26.8. The van der Waals surface area contributed by atoms with Crippen molar-refractivity contribution >= 4 is 16.6 Å². The lowest BCUT2D eigenvalue weighted by Gasteiger charge is -2.31. The summed E-state index contributed by atoms with van der Waals surface area (Å²) in [6.45, 7) is 0. The normalized spacial score (nSPS) is 14.2. The Hall–Kier alpha value is -4.72. The van der Waals surface area contributed by atoms with Crippen molar-refractivity contribution in [1.82, 2.24) is 13.7 Å². The van der Waals surface area contributed by atoms with Crippen LogP contribution >= 0.6 is 0 Å². The number of benzene rings is 3. The van der Waals surface area contributed by atoms with Gasteiger partial charge in [-0.1, -0.05) is 42.5 Å². The summed E-state index contributed by atoms with van der Waals surface area (Å²) in [5.74, 6) is 0.571. The highest BCUT2D eigenvalue weighted by Gasteiger charge is 2.35. The molecule has 6 rings (SSSR count). The molecule has 2 aromatic heterocycles. The first-order valence-electron chi connectivity index (χ1n) is 11.5. The first-order chi connectivity index (χ1) is 17.4. The molecule has 8 nitrogen and oxygen atoms in total. The van der Waals surface area contributed by atoms with Crippen LogP contribution in [-0.4, -0.2) is 25.9 Å². The zero-order chi connectivity index (χ0) is 25.1. The van der Waals surface area contributed by atoms with Gasteiger partial charge >= 0.3 is 5.69 Å². The van der Waals surface area contributed by atoms with Crippen molar-refractivity contribution in [3.05, 3.63) is 105 Å². The van der Waals surface area contributed by atoms with Crippen molar-refractivity contribution in [3.8, 4) is 28.4 Å². The number of methoxy groups -OCH3 is 1. The van der Waals surface area contributed by atoms with E-state index in [9.17, 15) is 14.7 Å². The van der Waals surface area contributed by atoms with Gasteiger partial charge in [-0.3, -0.25) is 13.9 Å². The number of phenols is 1. The quantitative estimate of drug-likeness (QED) is 0.409. The van der Waals surface area contributed by atoms with Crippen molar-refractivity contribution in [2.75, 3.05) is 12.4 Å². The highest BCUT2D eigenvalue weighted by Crippen LogP contribution is 2.47. The average molecular weight is 481 g/mol. The number of anilines is 1. The second kappa shape index (κ2) is 7.91. The average Bonchev–Trinajstić information content (AvgIpc) is 3.27. The number of nitrogens with one attached hydrogen (secondary N) is 1. The number of para-hydroxylation sites is 2. The minimum absolute atomic E-state index is 0.0818. The maximum Gasteiger partial charge on any atom is 0.331 e. The summed E-state index contributed by atoms with van der Waals surface area (Å²) in [6.07, 6.45) is 0. The molecule has 1 aliphatic rings. The Labute approximate surface area is 206 Å². The molecular formula is C28H24N4O4. The molecule has 0 fully saturated rings. The van der Waals surface area contributed by atoms with E-state index in [4.69, 9.17) is 4.74 Å². The van der Waals surface area contributed by atoms with Gasteiger partial charge < -0.3 is 19.7 Å². The Balaban J connectivity index is 1.86. The molecule has 36 heavy (non-hydrogen) atoms. The third kappa shape index (κ3) is 2.94. The number of hydrogen-bond acceptors (Lipinski definition) is 5. The zero-order valence-electron chi connectivity index (χ0n) is 20.0. The predicted octanol–water partition coefficient (Wildman–Crippen LogP) is 3.92. The minimum atomic E-state index is -0.479. The van der Waals surface area contributed by atoms with E-state index in [1.165, 1.54) is 11.6 Å². The summed E-state index contributed by atoms with van der Waals surface area (Å²) in [5.41, 5.74) is 4.59. The van der Waals surface area contributed by atoms with Crippen LogP contribution in [0.4, 0.5) is 5.69 Å². The van der Waals surface area contributed by atoms with Gasteiger partial charge in [0.05, 0.1) is 46.8 Å². The van der Waals surface area contributed by atoms with Crippen LogP contribution in [0.25, 0.3) is 27.8 Å². The molecule has 5 aromatic rings. The van der Waals surface area contributed by atoms with Crippen LogP contribution < -0.4 is 21.3 Å². The molecule has 8 heteroatoms. The highest BCUT2D eigenvalue weighted by molar-refractivity contribution is 5.99. The molecule has 0 aliphatic carbocycles. The molecular weight excluding hydrogens is 456 g/mol. The number of nitrogens with zero attached hydrogens (tertiary/aromatic N) is 3. The number of ether oxygens (including phenoxy) is 1. The minimum Gasteiger partial charge on any atom is -0.508 e. The van der Waals surface area contributed by atoms with Crippen LogP contribution in [0.1, 0.15) is 17.3 Å². The first kappa shape index (κ1) is 21.8. The lowest BCUT2D eigenvalue weighted by atomic mass is 9.98. The van der Waals surface area contributed by atoms with E-state index in [1.54, 1.807) is 32.4 Å². The third-order valence-corrected chi connectivity index (χ3v) is 6.90. The van der Waals surface area contributed by atoms with Crippen LogP contribution in [0.15, 0.2) is 82.4 Å². The standard InChI is InChI=1S/C28H24N4O4/c1-30-25-22(27(34)31(2)28(30)35)24(16-9-5-4-6-10-16)32-20-12-8-7-11-19(20)29-23(26(25)32)18-14-13-17(33)15-21(18)36-3/h4-15,23,29,33H,1-3H3/t23-/m0/s1. The fourth-order valence-corrected chi connectivity index (χ4v) is 5.26. The number of phenolic OH excluding ortho intramolecular Hbond substituents is 1. The van der Waals surface area contributed by atoms with Crippen molar-refractivity contribution < 1.29 is 9.84 Å². The van der Waals surface area contributed by atoms with Crippen LogP contribution in [0.5, 0.6) is 11.5 Å². The van der Waals surface area contributed by atoms with Gasteiger partial charge in [0, 0.05) is 25.7 Å². The molecule has 3 aromatic carbocycles. The van der Waals surface area contributed by atoms with Gasteiger partial charge in [0.1, 0.15) is 11.5 Å². The molecule has 1 atom stereocenters. The van der Waals surface area contributed by atoms with Crippen LogP contribution in [0.2, 0.25) is 0 Å². The lowest BCUT2D eigenvalue weighted by Crippen LogP contribution is -2.37. The SMILES string of the molecule is COc1cc(O)ccc1[C@@H]1Nc2ccccc2-n2c(-c3ccccc3)c3c(=O)n(C)c(=O)n(C)c3c21. The fraction of sp³-hybridized carbons (Fsp3) is 0.143. The van der Waals surface area contributed by atoms with E-state index >= 15 is 0 Å². The van der Waals surface area contributed by atoms with Crippen molar-refractivity contribution in [2.24, 2.45) is 14.1 Å². The Morgan fingerprint density at radius 3 is 2.39 bits per heavy atom. The van der Waals surface area contributed by atoms with Crippen molar-refractivity contribution in [2.45, 2.75) is 6.04 Å². The Bertz CT molecular complexity index is 1780. The maximum atomic E-state index is 13.7. The Kier molecular flexibility index (Phi) is 4.79. The van der Waals surface area contributed by atoms with Gasteiger partial charge in [0.25, 0.3) is 5.56 Å². The molecule has 0 unspecified atom stereocenters. The zero-order valence-corrected chi connectivity index (χ0v) is 20.0. The predicted molar refractivity (Wildman–Crippen MR) is 139 cm³/mol. The number of aryl methyl sites for hydroxylation is 1. The molecule has 0 saturated heterocycles. The monoisotopic (exact) mass is 480 g/mol. The summed E-state index contributed by atoms with van der Waals surface area (Å²) in [7, 11) is 4.74. The number of fused-ring (bicyclic) bond motifs is 5. The van der Waals surface area contributed by atoms with Gasteiger partial charge in [-0.05, 0) is 29.8 Å². The number of aromatic nitrogens is 3. The molecule has 1 aliphatic heterocycles. The second-order valence-electron chi connectivity index (χ2n) is 8.89. The molecule has 3 heterocycles. The molecule has 0 spiro atoms. The summed E-state index contributed by atoms with van der Waals surface area (Å²) in [5, 5.41) is 14.2. The smallest absolute Gasteiger partial charge is 0.331 e. The second-order valence-corrected chi connectivity index (χ2v) is 8.89. The summed E-state index contributed by atoms with van der Waals surface area (Å²) >= 11 is 0. The van der Waals surface area contributed by atoms with Crippen LogP contribution in [0.3, 0.4) is 0 Å². The van der Waals surface area contributed by atoms with Crippen molar-refractivity contribution in [1.29, 1.82) is 0 Å². The highest BCUT2D eigenvalue weighted by atomic mass is 16.5. The molecule has 2 N–H and O–H groups in total. The molecule has 0 radical (unpaired) electrons. The van der Waals surface area contributed by atoms with Crippen LogP contribution in [0, 0.1) is 0 Å². The van der Waals surface area contributed by atoms with Gasteiger partial charge in [-0.25, -0.2) is 4.79 Å². The van der Waals surface area contributed by atoms with E-state index in [-0.39, 0.29) is 11.3 Å². The topological polar surface area (TPSA) is 90.4 Å².